The van der Waals surface area contributed by atoms with Crippen LogP contribution in [-0.2, 0) is 4.79 Å². The fourth-order valence-electron chi connectivity index (χ4n) is 3.86. The third-order valence-corrected chi connectivity index (χ3v) is 6.26. The van der Waals surface area contributed by atoms with Crippen LogP contribution in [0.3, 0.4) is 0 Å². The van der Waals surface area contributed by atoms with Crippen molar-refractivity contribution in [3.05, 3.63) is 93.0 Å². The lowest BCUT2D eigenvalue weighted by Crippen LogP contribution is -2.42. The molecule has 3 rings (SSSR count). The van der Waals surface area contributed by atoms with Crippen LogP contribution in [0.25, 0.3) is 0 Å². The van der Waals surface area contributed by atoms with Crippen molar-refractivity contribution in [3.63, 3.8) is 0 Å². The normalized spacial score (nSPS) is 11.7. The lowest BCUT2D eigenvalue weighted by molar-refractivity contribution is -0.120. The van der Waals surface area contributed by atoms with Crippen molar-refractivity contribution in [3.8, 4) is 5.75 Å². The standard InChI is InChI=1S/C27H28Cl2N2O3/c1-4-5-15-31(27(34)21-11-6-7-12-23(21)32)25(20-14-13-19(28)16-22(20)29)26(33)30-24-17(2)9-8-10-18(24)3/h6-14,16,25,32H,4-5,15H2,1-3H3,(H,30,33)/t25-/m1/s1. The molecule has 0 aromatic heterocycles. The Morgan fingerprint density at radius 1 is 1.00 bits per heavy atom. The van der Waals surface area contributed by atoms with Crippen LogP contribution in [0.15, 0.2) is 60.7 Å². The number of phenolic OH excluding ortho intramolecular Hbond substituents is 1. The number of hydrogen-bond acceptors (Lipinski definition) is 3. The highest BCUT2D eigenvalue weighted by molar-refractivity contribution is 6.35. The van der Waals surface area contributed by atoms with Gasteiger partial charge in [-0.2, -0.15) is 0 Å². The minimum atomic E-state index is -1.04. The molecule has 34 heavy (non-hydrogen) atoms. The zero-order chi connectivity index (χ0) is 24.8. The van der Waals surface area contributed by atoms with E-state index in [1.807, 2.05) is 39.0 Å². The molecule has 0 aliphatic rings. The Bertz CT molecular complexity index is 1180. The molecule has 0 saturated carbocycles. The molecule has 2 N–H and O–H groups in total. The molecule has 0 bridgehead atoms. The molecule has 178 valence electrons. The van der Waals surface area contributed by atoms with Gasteiger partial charge in [0.25, 0.3) is 11.8 Å². The molecule has 0 fully saturated rings. The molecule has 0 radical (unpaired) electrons. The maximum Gasteiger partial charge on any atom is 0.258 e. The highest BCUT2D eigenvalue weighted by Gasteiger charge is 2.34. The van der Waals surface area contributed by atoms with Crippen molar-refractivity contribution in [2.45, 2.75) is 39.7 Å². The van der Waals surface area contributed by atoms with Crippen LogP contribution < -0.4 is 5.32 Å². The van der Waals surface area contributed by atoms with E-state index in [0.717, 1.165) is 17.5 Å². The Balaban J connectivity index is 2.13. The van der Waals surface area contributed by atoms with Crippen molar-refractivity contribution in [2.24, 2.45) is 0 Å². The van der Waals surface area contributed by atoms with Crippen molar-refractivity contribution >= 4 is 40.7 Å². The van der Waals surface area contributed by atoms with Gasteiger partial charge in [-0.05, 0) is 55.7 Å². The van der Waals surface area contributed by atoms with E-state index in [4.69, 9.17) is 23.2 Å². The summed E-state index contributed by atoms with van der Waals surface area (Å²) in [5.74, 6) is -1.01. The van der Waals surface area contributed by atoms with E-state index in [9.17, 15) is 14.7 Å². The second-order valence-corrected chi connectivity index (χ2v) is 9.04. The molecule has 3 aromatic carbocycles. The van der Waals surface area contributed by atoms with Crippen LogP contribution >= 0.6 is 23.2 Å². The summed E-state index contributed by atoms with van der Waals surface area (Å²) in [6.07, 6.45) is 1.47. The number of phenols is 1. The van der Waals surface area contributed by atoms with Gasteiger partial charge in [0.1, 0.15) is 11.8 Å². The molecule has 1 atom stereocenters. The second kappa shape index (κ2) is 11.4. The zero-order valence-electron chi connectivity index (χ0n) is 19.4. The van der Waals surface area contributed by atoms with Gasteiger partial charge in [-0.15, -0.1) is 0 Å². The molecule has 3 aromatic rings. The van der Waals surface area contributed by atoms with Gasteiger partial charge >= 0.3 is 0 Å². The van der Waals surface area contributed by atoms with Crippen LogP contribution in [0.2, 0.25) is 10.0 Å². The number of para-hydroxylation sites is 2. The van der Waals surface area contributed by atoms with E-state index in [1.54, 1.807) is 36.4 Å². The Kier molecular flexibility index (Phi) is 8.59. The molecule has 5 nitrogen and oxygen atoms in total. The van der Waals surface area contributed by atoms with Crippen LogP contribution in [0, 0.1) is 13.8 Å². The summed E-state index contributed by atoms with van der Waals surface area (Å²) in [5, 5.41) is 14.1. The van der Waals surface area contributed by atoms with E-state index in [1.165, 1.54) is 11.0 Å². The van der Waals surface area contributed by atoms with Gasteiger partial charge in [-0.3, -0.25) is 9.59 Å². The van der Waals surface area contributed by atoms with Gasteiger partial charge in [0, 0.05) is 27.8 Å². The third kappa shape index (κ3) is 5.72. The first-order chi connectivity index (χ1) is 16.2. The summed E-state index contributed by atoms with van der Waals surface area (Å²) in [4.78, 5) is 29.0. The molecular formula is C27H28Cl2N2O3. The molecular weight excluding hydrogens is 471 g/mol. The Labute approximate surface area is 210 Å². The first-order valence-electron chi connectivity index (χ1n) is 11.2. The summed E-state index contributed by atoms with van der Waals surface area (Å²) >= 11 is 12.7. The lowest BCUT2D eigenvalue weighted by atomic mass is 10.0. The second-order valence-electron chi connectivity index (χ2n) is 8.19. The minimum absolute atomic E-state index is 0.119. The van der Waals surface area contributed by atoms with Crippen LogP contribution in [0.5, 0.6) is 5.75 Å². The van der Waals surface area contributed by atoms with Gasteiger partial charge in [0.05, 0.1) is 5.56 Å². The zero-order valence-corrected chi connectivity index (χ0v) is 21.0. The Morgan fingerprint density at radius 3 is 2.29 bits per heavy atom. The first-order valence-corrected chi connectivity index (χ1v) is 11.9. The maximum absolute atomic E-state index is 13.8. The molecule has 0 spiro atoms. The van der Waals surface area contributed by atoms with Gasteiger partial charge in [0.15, 0.2) is 0 Å². The van der Waals surface area contributed by atoms with Gasteiger partial charge in [0.2, 0.25) is 0 Å². The number of hydrogen-bond donors (Lipinski definition) is 2. The number of nitrogens with one attached hydrogen (secondary N) is 1. The van der Waals surface area contributed by atoms with Crippen molar-refractivity contribution in [1.82, 2.24) is 4.90 Å². The number of aromatic hydroxyl groups is 1. The molecule has 0 saturated heterocycles. The smallest absolute Gasteiger partial charge is 0.258 e. The van der Waals surface area contributed by atoms with Gasteiger partial charge in [-0.1, -0.05) is 72.9 Å². The molecule has 0 unspecified atom stereocenters. The quantitative estimate of drug-likeness (QED) is 0.353. The molecule has 2 amide bonds. The number of rotatable bonds is 8. The highest BCUT2D eigenvalue weighted by atomic mass is 35.5. The SMILES string of the molecule is CCCCN(C(=O)c1ccccc1O)[C@@H](C(=O)Nc1c(C)cccc1C)c1ccc(Cl)cc1Cl. The number of nitrogens with zero attached hydrogens (tertiary/aromatic N) is 1. The van der Waals surface area contributed by atoms with Gasteiger partial charge < -0.3 is 15.3 Å². The fraction of sp³-hybridized carbons (Fsp3) is 0.259. The number of carbonyl (C=O) groups excluding carboxylic acids is 2. The molecule has 0 heterocycles. The summed E-state index contributed by atoms with van der Waals surface area (Å²) < 4.78 is 0. The monoisotopic (exact) mass is 498 g/mol. The summed E-state index contributed by atoms with van der Waals surface area (Å²) in [7, 11) is 0. The average molecular weight is 499 g/mol. The first kappa shape index (κ1) is 25.6. The predicted molar refractivity (Wildman–Crippen MR) is 138 cm³/mol. The largest absolute Gasteiger partial charge is 0.507 e. The number of unbranched alkanes of at least 4 members (excludes halogenated alkanes) is 1. The van der Waals surface area contributed by atoms with E-state index < -0.39 is 17.9 Å². The fourth-order valence-corrected chi connectivity index (χ4v) is 4.37. The van der Waals surface area contributed by atoms with E-state index in [-0.39, 0.29) is 16.3 Å². The van der Waals surface area contributed by atoms with E-state index >= 15 is 0 Å². The number of benzene rings is 3. The van der Waals surface area contributed by atoms with Crippen molar-refractivity contribution in [1.29, 1.82) is 0 Å². The lowest BCUT2D eigenvalue weighted by Gasteiger charge is -2.32. The predicted octanol–water partition coefficient (Wildman–Crippen LogP) is 6.94. The van der Waals surface area contributed by atoms with E-state index in [2.05, 4.69) is 5.32 Å². The van der Waals surface area contributed by atoms with Gasteiger partial charge in [-0.25, -0.2) is 0 Å². The number of anilines is 1. The summed E-state index contributed by atoms with van der Waals surface area (Å²) in [6.45, 7) is 6.13. The number of halogens is 2. The summed E-state index contributed by atoms with van der Waals surface area (Å²) in [5.41, 5.74) is 3.07. The highest BCUT2D eigenvalue weighted by Crippen LogP contribution is 2.34. The summed E-state index contributed by atoms with van der Waals surface area (Å²) in [6, 6.07) is 15.9. The number of amides is 2. The molecule has 0 aliphatic heterocycles. The van der Waals surface area contributed by atoms with Crippen LogP contribution in [-0.4, -0.2) is 28.4 Å². The molecule has 7 heteroatoms. The van der Waals surface area contributed by atoms with Crippen LogP contribution in [0.1, 0.15) is 52.9 Å². The van der Waals surface area contributed by atoms with E-state index in [0.29, 0.717) is 29.2 Å². The van der Waals surface area contributed by atoms with Crippen molar-refractivity contribution in [2.75, 3.05) is 11.9 Å². The van der Waals surface area contributed by atoms with Crippen molar-refractivity contribution < 1.29 is 14.7 Å². The number of aryl methyl sites for hydroxylation is 2. The maximum atomic E-state index is 13.8. The Hall–Kier alpha value is -3.02. The Morgan fingerprint density at radius 2 is 1.68 bits per heavy atom. The topological polar surface area (TPSA) is 69.6 Å². The minimum Gasteiger partial charge on any atom is -0.507 e. The number of carbonyl (C=O) groups is 2. The van der Waals surface area contributed by atoms with Crippen LogP contribution in [0.4, 0.5) is 5.69 Å². The molecule has 0 aliphatic carbocycles. The average Bonchev–Trinajstić information content (AvgIpc) is 2.80. The third-order valence-electron chi connectivity index (χ3n) is 5.69.